The molecule has 3 heteroatoms. The predicted octanol–water partition coefficient (Wildman–Crippen LogP) is 10.2. The maximum atomic E-state index is 10.3. The van der Waals surface area contributed by atoms with Crippen LogP contribution in [0.4, 0.5) is 0 Å². The molecule has 0 spiro atoms. The molecule has 0 amide bonds. The van der Waals surface area contributed by atoms with Crippen LogP contribution in [0.1, 0.15) is 155 Å². The fourth-order valence-corrected chi connectivity index (χ4v) is 4.88. The van der Waals surface area contributed by atoms with E-state index in [4.69, 9.17) is 0 Å². The number of hydrogen-bond acceptors (Lipinski definition) is 2. The molecule has 1 heterocycles. The zero-order valence-corrected chi connectivity index (χ0v) is 22.3. The van der Waals surface area contributed by atoms with Crippen LogP contribution >= 0.6 is 0 Å². The maximum Gasteiger partial charge on any atom is 0.194 e. The number of nitrogens with zero attached hydrogens (tertiary/aromatic N) is 1. The van der Waals surface area contributed by atoms with E-state index in [0.717, 1.165) is 19.3 Å². The fraction of sp³-hybridized carbons (Fsp3) is 0.800. The summed E-state index contributed by atoms with van der Waals surface area (Å²) >= 11 is 0. The molecule has 3 nitrogen and oxygen atoms in total. The third kappa shape index (κ3) is 13.8. The summed E-state index contributed by atoms with van der Waals surface area (Å²) in [6.07, 6.45) is 28.6. The van der Waals surface area contributed by atoms with Gasteiger partial charge in [0.05, 0.1) is 6.04 Å². The topological polar surface area (TPSA) is 45.4 Å². The molecule has 1 rings (SSSR count). The molecule has 1 aromatic rings. The van der Waals surface area contributed by atoms with Crippen LogP contribution in [0.5, 0.6) is 11.8 Å². The summed E-state index contributed by atoms with van der Waals surface area (Å²) in [5, 5.41) is 20.5. The first-order chi connectivity index (χ1) is 16.1. The molecule has 0 saturated heterocycles. The van der Waals surface area contributed by atoms with E-state index < -0.39 is 0 Å². The van der Waals surface area contributed by atoms with Gasteiger partial charge in [-0.15, -0.1) is 0 Å². The van der Waals surface area contributed by atoms with Crippen molar-refractivity contribution in [3.8, 4) is 11.8 Å². The zero-order valence-electron chi connectivity index (χ0n) is 22.3. The van der Waals surface area contributed by atoms with E-state index in [9.17, 15) is 10.2 Å². The molecule has 0 aliphatic carbocycles. The number of rotatable bonds is 22. The highest BCUT2D eigenvalue weighted by Gasteiger charge is 2.19. The Kier molecular flexibility index (Phi) is 18.0. The van der Waals surface area contributed by atoms with E-state index in [-0.39, 0.29) is 17.8 Å². The lowest BCUT2D eigenvalue weighted by Gasteiger charge is -2.22. The molecule has 0 bridgehead atoms. The van der Waals surface area contributed by atoms with E-state index in [2.05, 4.69) is 26.8 Å². The monoisotopic (exact) mass is 461 g/mol. The van der Waals surface area contributed by atoms with E-state index in [1.807, 2.05) is 0 Å². The number of aromatic nitrogens is 1. The van der Waals surface area contributed by atoms with Crippen LogP contribution < -0.4 is 0 Å². The molecule has 1 aromatic heterocycles. The molecular formula is C30H55NO2. The normalized spacial score (nSPS) is 13.0. The first-order valence-electron chi connectivity index (χ1n) is 14.4. The van der Waals surface area contributed by atoms with Crippen molar-refractivity contribution in [2.24, 2.45) is 0 Å². The van der Waals surface area contributed by atoms with Crippen molar-refractivity contribution >= 4 is 0 Å². The average Bonchev–Trinajstić information content (AvgIpc) is 3.14. The van der Waals surface area contributed by atoms with Crippen LogP contribution in [0.2, 0.25) is 0 Å². The molecule has 1 unspecified atom stereocenters. The van der Waals surface area contributed by atoms with Crippen molar-refractivity contribution in [2.45, 2.75) is 155 Å². The summed E-state index contributed by atoms with van der Waals surface area (Å²) in [6.45, 7) is 6.69. The molecule has 0 saturated carbocycles. The summed E-state index contributed by atoms with van der Waals surface area (Å²) in [7, 11) is 0. The van der Waals surface area contributed by atoms with Crippen molar-refractivity contribution in [1.82, 2.24) is 4.57 Å². The Bertz CT molecular complexity index is 585. The van der Waals surface area contributed by atoms with Crippen LogP contribution in [0.3, 0.4) is 0 Å². The van der Waals surface area contributed by atoms with Crippen LogP contribution in [-0.4, -0.2) is 14.8 Å². The quantitative estimate of drug-likeness (QED) is 0.133. The van der Waals surface area contributed by atoms with Gasteiger partial charge in [-0.2, -0.15) is 0 Å². The second-order valence-corrected chi connectivity index (χ2v) is 10.1. The van der Waals surface area contributed by atoms with E-state index in [1.165, 1.54) is 115 Å². The molecule has 1 atom stereocenters. The third-order valence-electron chi connectivity index (χ3n) is 7.07. The van der Waals surface area contributed by atoms with Crippen LogP contribution in [0, 0.1) is 0 Å². The lowest BCUT2D eigenvalue weighted by Crippen LogP contribution is -2.10. The van der Waals surface area contributed by atoms with Gasteiger partial charge in [-0.1, -0.05) is 135 Å². The minimum atomic E-state index is 0.0589. The van der Waals surface area contributed by atoms with Crippen molar-refractivity contribution in [2.75, 3.05) is 0 Å². The molecule has 192 valence electrons. The minimum absolute atomic E-state index is 0.0589. The molecular weight excluding hydrogens is 406 g/mol. The van der Waals surface area contributed by atoms with E-state index in [1.54, 1.807) is 16.7 Å². The smallest absolute Gasteiger partial charge is 0.194 e. The Morgan fingerprint density at radius 3 is 1.52 bits per heavy atom. The molecule has 0 aliphatic rings. The van der Waals surface area contributed by atoms with Gasteiger partial charge in [-0.25, -0.2) is 0 Å². The number of hydrogen-bond donors (Lipinski definition) is 2. The summed E-state index contributed by atoms with van der Waals surface area (Å²) in [6, 6.07) is 3.25. The van der Waals surface area contributed by atoms with E-state index >= 15 is 0 Å². The van der Waals surface area contributed by atoms with Gasteiger partial charge in [-0.3, -0.25) is 4.57 Å². The van der Waals surface area contributed by atoms with Gasteiger partial charge < -0.3 is 10.2 Å². The van der Waals surface area contributed by atoms with Gasteiger partial charge in [0.1, 0.15) is 0 Å². The lowest BCUT2D eigenvalue weighted by atomic mass is 9.98. The molecule has 0 fully saturated rings. The highest BCUT2D eigenvalue weighted by Crippen LogP contribution is 2.34. The number of unbranched alkanes of at least 4 members (excludes halogenated alkanes) is 17. The number of aromatic hydroxyl groups is 2. The van der Waals surface area contributed by atoms with Gasteiger partial charge >= 0.3 is 0 Å². The zero-order chi connectivity index (χ0) is 24.2. The maximum absolute atomic E-state index is 10.3. The summed E-state index contributed by atoms with van der Waals surface area (Å²) in [5.74, 6) is 0.333. The van der Waals surface area contributed by atoms with Gasteiger partial charge in [0, 0.05) is 12.1 Å². The Hall–Kier alpha value is -1.38. The Balaban J connectivity index is 2.24. The van der Waals surface area contributed by atoms with Crippen molar-refractivity contribution in [3.05, 3.63) is 23.8 Å². The largest absolute Gasteiger partial charge is 0.494 e. The standard InChI is InChI=1S/C30H55NO2/c1-4-6-8-10-11-12-13-14-15-16-17-18-20-21-23-27(3)28(24-22-19-9-7-5-2)31-29(32)25-26-30(31)33/h23,25-26,28,32-33H,4-22,24H2,1-3H3. The van der Waals surface area contributed by atoms with Gasteiger partial charge in [0.25, 0.3) is 0 Å². The first kappa shape index (κ1) is 29.7. The summed E-state index contributed by atoms with van der Waals surface area (Å²) in [4.78, 5) is 0. The lowest BCUT2D eigenvalue weighted by molar-refractivity contribution is 0.336. The summed E-state index contributed by atoms with van der Waals surface area (Å²) in [5.41, 5.74) is 1.27. The van der Waals surface area contributed by atoms with E-state index in [0.29, 0.717) is 0 Å². The predicted molar refractivity (Wildman–Crippen MR) is 144 cm³/mol. The Morgan fingerprint density at radius 2 is 1.06 bits per heavy atom. The van der Waals surface area contributed by atoms with Crippen molar-refractivity contribution < 1.29 is 10.2 Å². The first-order valence-corrected chi connectivity index (χ1v) is 14.4. The van der Waals surface area contributed by atoms with Crippen molar-refractivity contribution in [3.63, 3.8) is 0 Å². The molecule has 2 N–H and O–H groups in total. The van der Waals surface area contributed by atoms with Gasteiger partial charge in [0.2, 0.25) is 0 Å². The SMILES string of the molecule is CCCCCCCCCCCCCCCC=C(C)C(CCCCCCC)n1c(O)ccc1O. The highest BCUT2D eigenvalue weighted by molar-refractivity contribution is 5.28. The molecule has 33 heavy (non-hydrogen) atoms. The average molecular weight is 462 g/mol. The molecule has 0 radical (unpaired) electrons. The highest BCUT2D eigenvalue weighted by atomic mass is 16.3. The van der Waals surface area contributed by atoms with Crippen LogP contribution in [-0.2, 0) is 0 Å². The second kappa shape index (κ2) is 20.0. The van der Waals surface area contributed by atoms with Gasteiger partial charge in [0.15, 0.2) is 11.8 Å². The Labute approximate surface area is 205 Å². The van der Waals surface area contributed by atoms with Crippen molar-refractivity contribution in [1.29, 1.82) is 0 Å². The molecule has 0 aliphatic heterocycles. The van der Waals surface area contributed by atoms with Crippen LogP contribution in [0.15, 0.2) is 23.8 Å². The fourth-order valence-electron chi connectivity index (χ4n) is 4.88. The van der Waals surface area contributed by atoms with Crippen LogP contribution in [0.25, 0.3) is 0 Å². The molecule has 0 aromatic carbocycles. The minimum Gasteiger partial charge on any atom is -0.494 e. The number of allylic oxidation sites excluding steroid dienone is 2. The third-order valence-corrected chi connectivity index (χ3v) is 7.07. The van der Waals surface area contributed by atoms with Gasteiger partial charge in [-0.05, 0) is 26.2 Å². The second-order valence-electron chi connectivity index (χ2n) is 10.1. The Morgan fingerprint density at radius 1 is 0.667 bits per heavy atom. The summed E-state index contributed by atoms with van der Waals surface area (Å²) < 4.78 is 1.70.